The first-order chi connectivity index (χ1) is 17.5. The second-order valence-corrected chi connectivity index (χ2v) is 9.22. The van der Waals surface area contributed by atoms with Gasteiger partial charge in [-0.1, -0.05) is 36.4 Å². The number of hydrogen-bond donors (Lipinski definition) is 2. The molecule has 0 bridgehead atoms. The highest BCUT2D eigenvalue weighted by molar-refractivity contribution is 5.36. The summed E-state index contributed by atoms with van der Waals surface area (Å²) in [7, 11) is 0. The Labute approximate surface area is 211 Å². The molecule has 1 saturated heterocycles. The van der Waals surface area contributed by atoms with Crippen molar-refractivity contribution < 1.29 is 31.1 Å². The summed E-state index contributed by atoms with van der Waals surface area (Å²) in [5.41, 5.74) is -2.63. The molecule has 2 aromatic carbocycles. The Kier molecular flexibility index (Phi) is 7.80. The van der Waals surface area contributed by atoms with Crippen LogP contribution in [0.25, 0.3) is 0 Å². The number of rotatable bonds is 7. The summed E-state index contributed by atoms with van der Waals surface area (Å²) in [5, 5.41) is 6.90. The third-order valence-corrected chi connectivity index (χ3v) is 6.61. The normalized spacial score (nSPS) is 21.4. The average Bonchev–Trinajstić information content (AvgIpc) is 2.88. The molecule has 0 amide bonds. The standard InChI is InChI=1S/C27H27F6N3O/c1-18(19-13-21(26(28,29)30)15-22(14-19)27(31,32)33)37-17-25(20-7-3-2-4-8-20)11-10-23(16-35-25)36-24-9-5-6-12-34-24/h2-9,12-15,18,23,35H,10-11,16-17H2,1H3,(H,34,36)/t18-,23+,25?/m1/s1. The van der Waals surface area contributed by atoms with E-state index in [1.165, 1.54) is 6.92 Å². The van der Waals surface area contributed by atoms with Crippen LogP contribution in [0.4, 0.5) is 32.2 Å². The molecule has 0 spiro atoms. The van der Waals surface area contributed by atoms with E-state index in [4.69, 9.17) is 4.74 Å². The predicted molar refractivity (Wildman–Crippen MR) is 128 cm³/mol. The summed E-state index contributed by atoms with van der Waals surface area (Å²) >= 11 is 0. The van der Waals surface area contributed by atoms with Crippen LogP contribution in [0.3, 0.4) is 0 Å². The molecule has 1 fully saturated rings. The van der Waals surface area contributed by atoms with Gasteiger partial charge in [0.15, 0.2) is 0 Å². The second kappa shape index (κ2) is 10.7. The lowest BCUT2D eigenvalue weighted by molar-refractivity contribution is -0.143. The number of aromatic nitrogens is 1. The van der Waals surface area contributed by atoms with Gasteiger partial charge in [-0.15, -0.1) is 0 Å². The number of pyridine rings is 1. The molecule has 4 nitrogen and oxygen atoms in total. The van der Waals surface area contributed by atoms with Gasteiger partial charge in [-0.3, -0.25) is 0 Å². The smallest absolute Gasteiger partial charge is 0.372 e. The molecule has 4 rings (SSSR count). The minimum absolute atomic E-state index is 0.0616. The van der Waals surface area contributed by atoms with Crippen molar-refractivity contribution >= 4 is 5.82 Å². The molecule has 0 radical (unpaired) electrons. The maximum absolute atomic E-state index is 13.3. The van der Waals surface area contributed by atoms with Gasteiger partial charge in [-0.2, -0.15) is 26.3 Å². The quantitative estimate of drug-likeness (QED) is 0.329. The number of ether oxygens (including phenoxy) is 1. The highest BCUT2D eigenvalue weighted by atomic mass is 19.4. The van der Waals surface area contributed by atoms with Crippen LogP contribution in [-0.2, 0) is 22.6 Å². The number of piperidine rings is 1. The lowest BCUT2D eigenvalue weighted by atomic mass is 9.81. The van der Waals surface area contributed by atoms with Gasteiger partial charge in [0.1, 0.15) is 5.82 Å². The molecule has 3 aromatic rings. The van der Waals surface area contributed by atoms with Crippen molar-refractivity contribution in [1.29, 1.82) is 0 Å². The van der Waals surface area contributed by atoms with Crippen molar-refractivity contribution in [3.63, 3.8) is 0 Å². The average molecular weight is 524 g/mol. The maximum Gasteiger partial charge on any atom is 0.416 e. The van der Waals surface area contributed by atoms with E-state index in [9.17, 15) is 26.3 Å². The zero-order valence-electron chi connectivity index (χ0n) is 20.0. The lowest BCUT2D eigenvalue weighted by Gasteiger charge is -2.42. The fraction of sp³-hybridized carbons (Fsp3) is 0.370. The monoisotopic (exact) mass is 523 g/mol. The van der Waals surface area contributed by atoms with E-state index in [0.717, 1.165) is 29.9 Å². The fourth-order valence-corrected chi connectivity index (χ4v) is 4.50. The summed E-state index contributed by atoms with van der Waals surface area (Å²) < 4.78 is 85.9. The molecule has 0 aliphatic carbocycles. The van der Waals surface area contributed by atoms with Gasteiger partial charge in [0.2, 0.25) is 0 Å². The van der Waals surface area contributed by atoms with Crippen LogP contribution in [0.15, 0.2) is 72.9 Å². The first-order valence-electron chi connectivity index (χ1n) is 11.9. The fourth-order valence-electron chi connectivity index (χ4n) is 4.50. The van der Waals surface area contributed by atoms with Crippen molar-refractivity contribution in [1.82, 2.24) is 10.3 Å². The first-order valence-corrected chi connectivity index (χ1v) is 11.9. The van der Waals surface area contributed by atoms with Crippen molar-refractivity contribution in [2.75, 3.05) is 18.5 Å². The van der Waals surface area contributed by atoms with Crippen LogP contribution < -0.4 is 10.6 Å². The Morgan fingerprint density at radius 2 is 1.62 bits per heavy atom. The van der Waals surface area contributed by atoms with Crippen LogP contribution in [0, 0.1) is 0 Å². The van der Waals surface area contributed by atoms with Gasteiger partial charge >= 0.3 is 12.4 Å². The Morgan fingerprint density at radius 1 is 0.973 bits per heavy atom. The maximum atomic E-state index is 13.3. The summed E-state index contributed by atoms with van der Waals surface area (Å²) in [6, 6.07) is 16.7. The van der Waals surface area contributed by atoms with Gasteiger partial charge in [0.25, 0.3) is 0 Å². The molecular weight excluding hydrogens is 496 g/mol. The molecular formula is C27H27F6N3O. The molecule has 3 atom stereocenters. The van der Waals surface area contributed by atoms with Crippen LogP contribution >= 0.6 is 0 Å². The molecule has 198 valence electrons. The Balaban J connectivity index is 1.53. The zero-order valence-corrected chi connectivity index (χ0v) is 20.0. The molecule has 10 heteroatoms. The molecule has 1 aliphatic rings. The first kappa shape index (κ1) is 26.9. The van der Waals surface area contributed by atoms with E-state index in [1.807, 2.05) is 48.5 Å². The van der Waals surface area contributed by atoms with E-state index in [0.29, 0.717) is 13.0 Å². The van der Waals surface area contributed by atoms with Gasteiger partial charge in [0, 0.05) is 18.8 Å². The SMILES string of the molecule is C[C@@H](OCC1(c2ccccc2)CC[C@H](Nc2ccccn2)CN1)c1cc(C(F)(F)F)cc(C(F)(F)F)c1. The minimum atomic E-state index is -4.92. The molecule has 2 N–H and O–H groups in total. The number of alkyl halides is 6. The number of halogens is 6. The van der Waals surface area contributed by atoms with Crippen molar-refractivity contribution in [3.8, 4) is 0 Å². The van der Waals surface area contributed by atoms with Crippen LogP contribution in [0.1, 0.15) is 48.1 Å². The number of nitrogens with one attached hydrogen (secondary N) is 2. The van der Waals surface area contributed by atoms with E-state index in [-0.39, 0.29) is 24.3 Å². The molecule has 0 saturated carbocycles. The van der Waals surface area contributed by atoms with Crippen LogP contribution in [0.5, 0.6) is 0 Å². The lowest BCUT2D eigenvalue weighted by Crippen LogP contribution is -2.55. The van der Waals surface area contributed by atoms with Gasteiger partial charge in [-0.05, 0) is 61.2 Å². The van der Waals surface area contributed by atoms with Gasteiger partial charge in [0.05, 0.1) is 29.4 Å². The topological polar surface area (TPSA) is 46.2 Å². The van der Waals surface area contributed by atoms with Crippen molar-refractivity contribution in [2.45, 2.75) is 49.8 Å². The number of benzene rings is 2. The summed E-state index contributed by atoms with van der Waals surface area (Å²) in [5.74, 6) is 0.747. The summed E-state index contributed by atoms with van der Waals surface area (Å²) in [4.78, 5) is 4.29. The third-order valence-electron chi connectivity index (χ3n) is 6.61. The third kappa shape index (κ3) is 6.61. The summed E-state index contributed by atoms with van der Waals surface area (Å²) in [6.45, 7) is 2.08. The second-order valence-electron chi connectivity index (χ2n) is 9.22. The summed E-state index contributed by atoms with van der Waals surface area (Å²) in [6.07, 6.45) is -7.76. The van der Waals surface area contributed by atoms with Crippen LogP contribution in [0.2, 0.25) is 0 Å². The van der Waals surface area contributed by atoms with E-state index in [2.05, 4.69) is 15.6 Å². The molecule has 1 aliphatic heterocycles. The molecule has 2 heterocycles. The Hall–Kier alpha value is -3.11. The Bertz CT molecular complexity index is 1130. The molecule has 1 unspecified atom stereocenters. The number of hydrogen-bond acceptors (Lipinski definition) is 4. The van der Waals surface area contributed by atoms with Crippen molar-refractivity contribution in [3.05, 3.63) is 95.2 Å². The molecule has 1 aromatic heterocycles. The molecule has 37 heavy (non-hydrogen) atoms. The highest BCUT2D eigenvalue weighted by Crippen LogP contribution is 2.39. The zero-order chi connectivity index (χ0) is 26.7. The predicted octanol–water partition coefficient (Wildman–Crippen LogP) is 6.96. The van der Waals surface area contributed by atoms with E-state index in [1.54, 1.807) is 6.20 Å². The van der Waals surface area contributed by atoms with E-state index >= 15 is 0 Å². The largest absolute Gasteiger partial charge is 0.416 e. The number of anilines is 1. The van der Waals surface area contributed by atoms with Crippen molar-refractivity contribution in [2.24, 2.45) is 0 Å². The van der Waals surface area contributed by atoms with Gasteiger partial charge in [-0.25, -0.2) is 4.98 Å². The van der Waals surface area contributed by atoms with Crippen LogP contribution in [-0.4, -0.2) is 24.2 Å². The highest BCUT2D eigenvalue weighted by Gasteiger charge is 2.39. The number of nitrogens with zero attached hydrogens (tertiary/aromatic N) is 1. The van der Waals surface area contributed by atoms with Gasteiger partial charge < -0.3 is 15.4 Å². The minimum Gasteiger partial charge on any atom is -0.372 e. The van der Waals surface area contributed by atoms with E-state index < -0.39 is 35.1 Å². The Morgan fingerprint density at radius 3 is 2.16 bits per heavy atom.